The largest absolute Gasteiger partial charge is 0.481 e. The van der Waals surface area contributed by atoms with Gasteiger partial charge in [-0.25, -0.2) is 0 Å². The van der Waals surface area contributed by atoms with Crippen LogP contribution in [0.4, 0.5) is 0 Å². The summed E-state index contributed by atoms with van der Waals surface area (Å²) >= 11 is 0. The normalized spacial score (nSPS) is 25.3. The van der Waals surface area contributed by atoms with Crippen molar-refractivity contribution in [3.63, 3.8) is 0 Å². The van der Waals surface area contributed by atoms with Gasteiger partial charge in [0.05, 0.1) is 24.1 Å². The van der Waals surface area contributed by atoms with Crippen molar-refractivity contribution >= 4 is 11.9 Å². The highest BCUT2D eigenvalue weighted by molar-refractivity contribution is 5.85. The summed E-state index contributed by atoms with van der Waals surface area (Å²) in [6, 6.07) is 0. The van der Waals surface area contributed by atoms with Gasteiger partial charge in [0.2, 0.25) is 5.91 Å². The van der Waals surface area contributed by atoms with Crippen LogP contribution in [0.1, 0.15) is 45.4 Å². The number of rotatable bonds is 3. The SMILES string of the molecule is CC1(O)CN(C(=O)CC2(C(=O)O)CCCCC2)C1. The zero-order chi connectivity index (χ0) is 13.4. The molecule has 18 heavy (non-hydrogen) atoms. The van der Waals surface area contributed by atoms with Crippen LogP contribution in [0.25, 0.3) is 0 Å². The van der Waals surface area contributed by atoms with Crippen molar-refractivity contribution in [2.45, 2.75) is 51.0 Å². The van der Waals surface area contributed by atoms with Gasteiger partial charge in [-0.3, -0.25) is 9.59 Å². The minimum Gasteiger partial charge on any atom is -0.481 e. The lowest BCUT2D eigenvalue weighted by molar-refractivity contribution is -0.163. The number of carboxylic acid groups (broad SMARTS) is 1. The van der Waals surface area contributed by atoms with Crippen molar-refractivity contribution in [3.8, 4) is 0 Å². The molecular weight excluding hydrogens is 234 g/mol. The fourth-order valence-corrected chi connectivity index (χ4v) is 3.05. The fourth-order valence-electron chi connectivity index (χ4n) is 3.05. The van der Waals surface area contributed by atoms with Gasteiger partial charge in [-0.05, 0) is 19.8 Å². The molecule has 1 saturated heterocycles. The van der Waals surface area contributed by atoms with E-state index in [4.69, 9.17) is 0 Å². The first-order chi connectivity index (χ1) is 8.35. The second kappa shape index (κ2) is 4.53. The Bertz CT molecular complexity index is 350. The summed E-state index contributed by atoms with van der Waals surface area (Å²) in [6.07, 6.45) is 4.10. The second-order valence-electron chi connectivity index (χ2n) is 6.07. The van der Waals surface area contributed by atoms with E-state index >= 15 is 0 Å². The Morgan fingerprint density at radius 1 is 1.17 bits per heavy atom. The molecule has 5 nitrogen and oxygen atoms in total. The van der Waals surface area contributed by atoms with Gasteiger partial charge < -0.3 is 15.1 Å². The van der Waals surface area contributed by atoms with Crippen molar-refractivity contribution in [3.05, 3.63) is 0 Å². The number of amides is 1. The van der Waals surface area contributed by atoms with E-state index in [-0.39, 0.29) is 12.3 Å². The van der Waals surface area contributed by atoms with Crippen LogP contribution in [-0.4, -0.2) is 45.7 Å². The van der Waals surface area contributed by atoms with E-state index in [1.165, 1.54) is 0 Å². The third-order valence-corrected chi connectivity index (χ3v) is 4.17. The van der Waals surface area contributed by atoms with E-state index < -0.39 is 17.0 Å². The average molecular weight is 255 g/mol. The Labute approximate surface area is 107 Å². The molecule has 2 fully saturated rings. The lowest BCUT2D eigenvalue weighted by Gasteiger charge is -2.45. The molecular formula is C13H21NO4. The molecule has 0 aromatic carbocycles. The zero-order valence-corrected chi connectivity index (χ0v) is 10.8. The molecule has 1 aliphatic heterocycles. The van der Waals surface area contributed by atoms with Gasteiger partial charge >= 0.3 is 5.97 Å². The van der Waals surface area contributed by atoms with Gasteiger partial charge in [-0.1, -0.05) is 19.3 Å². The molecule has 0 radical (unpaired) electrons. The quantitative estimate of drug-likeness (QED) is 0.788. The molecule has 2 aliphatic rings. The van der Waals surface area contributed by atoms with E-state index in [0.29, 0.717) is 25.9 Å². The number of aliphatic hydroxyl groups is 1. The van der Waals surface area contributed by atoms with E-state index in [1.807, 2.05) is 0 Å². The highest BCUT2D eigenvalue weighted by Crippen LogP contribution is 2.40. The Morgan fingerprint density at radius 2 is 1.72 bits per heavy atom. The fraction of sp³-hybridized carbons (Fsp3) is 0.846. The van der Waals surface area contributed by atoms with E-state index in [9.17, 15) is 19.8 Å². The lowest BCUT2D eigenvalue weighted by Crippen LogP contribution is -2.62. The third kappa shape index (κ3) is 2.51. The Hall–Kier alpha value is -1.10. The molecule has 0 unspecified atom stereocenters. The number of aliphatic carboxylic acids is 1. The maximum absolute atomic E-state index is 12.0. The van der Waals surface area contributed by atoms with Crippen LogP contribution in [0.5, 0.6) is 0 Å². The van der Waals surface area contributed by atoms with Gasteiger partial charge in [0.15, 0.2) is 0 Å². The number of hydrogen-bond donors (Lipinski definition) is 2. The summed E-state index contributed by atoms with van der Waals surface area (Å²) in [6.45, 7) is 2.33. The minimum absolute atomic E-state index is 0.0818. The monoisotopic (exact) mass is 255 g/mol. The van der Waals surface area contributed by atoms with Crippen molar-refractivity contribution < 1.29 is 19.8 Å². The molecule has 1 amide bonds. The topological polar surface area (TPSA) is 77.8 Å². The zero-order valence-electron chi connectivity index (χ0n) is 10.8. The first kappa shape index (κ1) is 13.3. The number of carbonyl (C=O) groups is 2. The summed E-state index contributed by atoms with van der Waals surface area (Å²) in [5, 5.41) is 19.0. The maximum atomic E-state index is 12.0. The minimum atomic E-state index is -0.864. The maximum Gasteiger partial charge on any atom is 0.310 e. The summed E-state index contributed by atoms with van der Waals surface area (Å²) in [5.41, 5.74) is -1.66. The van der Waals surface area contributed by atoms with Crippen molar-refractivity contribution in [2.24, 2.45) is 5.41 Å². The first-order valence-corrected chi connectivity index (χ1v) is 6.58. The van der Waals surface area contributed by atoms with Crippen LogP contribution in [0.2, 0.25) is 0 Å². The van der Waals surface area contributed by atoms with Crippen LogP contribution in [-0.2, 0) is 9.59 Å². The summed E-state index contributed by atoms with van der Waals surface area (Å²) in [5.74, 6) is -0.978. The Balaban J connectivity index is 1.97. The molecule has 0 bridgehead atoms. The molecule has 1 heterocycles. The summed E-state index contributed by atoms with van der Waals surface area (Å²) in [4.78, 5) is 25.0. The van der Waals surface area contributed by atoms with Gasteiger partial charge in [0, 0.05) is 6.42 Å². The lowest BCUT2D eigenvalue weighted by atomic mass is 9.71. The molecule has 1 aliphatic carbocycles. The molecule has 5 heteroatoms. The van der Waals surface area contributed by atoms with E-state index in [1.54, 1.807) is 11.8 Å². The molecule has 0 aromatic rings. The van der Waals surface area contributed by atoms with Crippen LogP contribution in [0.3, 0.4) is 0 Å². The summed E-state index contributed by atoms with van der Waals surface area (Å²) < 4.78 is 0. The highest BCUT2D eigenvalue weighted by atomic mass is 16.4. The van der Waals surface area contributed by atoms with Crippen molar-refractivity contribution in [2.75, 3.05) is 13.1 Å². The van der Waals surface area contributed by atoms with E-state index in [2.05, 4.69) is 0 Å². The molecule has 0 atom stereocenters. The molecule has 2 rings (SSSR count). The summed E-state index contributed by atoms with van der Waals surface area (Å²) in [7, 11) is 0. The molecule has 2 N–H and O–H groups in total. The molecule has 0 spiro atoms. The first-order valence-electron chi connectivity index (χ1n) is 6.58. The number of carbonyl (C=O) groups excluding carboxylic acids is 1. The number of β-amino-alcohol motifs (C(OH)–C–C–N with tert-alkyl or cyclic N) is 1. The standard InChI is InChI=1S/C13H21NO4/c1-12(18)8-14(9-12)10(15)7-13(11(16)17)5-3-2-4-6-13/h18H,2-9H2,1H3,(H,16,17). The Kier molecular flexibility index (Phi) is 3.36. The van der Waals surface area contributed by atoms with Crippen LogP contribution in [0.15, 0.2) is 0 Å². The predicted molar refractivity (Wildman–Crippen MR) is 65.0 cm³/mol. The number of nitrogens with zero attached hydrogens (tertiary/aromatic N) is 1. The number of likely N-dealkylation sites (tertiary alicyclic amines) is 1. The van der Waals surface area contributed by atoms with Gasteiger partial charge in [-0.15, -0.1) is 0 Å². The Morgan fingerprint density at radius 3 is 2.17 bits per heavy atom. The number of hydrogen-bond acceptors (Lipinski definition) is 3. The second-order valence-corrected chi connectivity index (χ2v) is 6.07. The average Bonchev–Trinajstić information content (AvgIpc) is 2.26. The van der Waals surface area contributed by atoms with Gasteiger partial charge in [-0.2, -0.15) is 0 Å². The number of carboxylic acids is 1. The predicted octanol–water partition coefficient (Wildman–Crippen LogP) is 1.00. The van der Waals surface area contributed by atoms with Crippen LogP contribution < -0.4 is 0 Å². The van der Waals surface area contributed by atoms with Gasteiger partial charge in [0.25, 0.3) is 0 Å². The van der Waals surface area contributed by atoms with Crippen LogP contribution >= 0.6 is 0 Å². The van der Waals surface area contributed by atoms with Crippen molar-refractivity contribution in [1.82, 2.24) is 4.90 Å². The smallest absolute Gasteiger partial charge is 0.310 e. The molecule has 102 valence electrons. The highest BCUT2D eigenvalue weighted by Gasteiger charge is 2.46. The van der Waals surface area contributed by atoms with E-state index in [0.717, 1.165) is 19.3 Å². The van der Waals surface area contributed by atoms with Crippen molar-refractivity contribution in [1.29, 1.82) is 0 Å². The molecule has 1 saturated carbocycles. The molecule has 0 aromatic heterocycles. The van der Waals surface area contributed by atoms with Gasteiger partial charge in [0.1, 0.15) is 0 Å². The van der Waals surface area contributed by atoms with Crippen LogP contribution in [0, 0.1) is 5.41 Å². The third-order valence-electron chi connectivity index (χ3n) is 4.17.